The van der Waals surface area contributed by atoms with Gasteiger partial charge in [-0.15, -0.1) is 0 Å². The Hall–Kier alpha value is -1.89. The summed E-state index contributed by atoms with van der Waals surface area (Å²) >= 11 is 0. The summed E-state index contributed by atoms with van der Waals surface area (Å²) in [5.41, 5.74) is 12.3. The lowest BCUT2D eigenvalue weighted by Gasteiger charge is -2.12. The number of fused-ring (bicyclic) bond motifs is 1. The van der Waals surface area contributed by atoms with Crippen LogP contribution < -0.4 is 16.3 Å². The third-order valence-corrected chi connectivity index (χ3v) is 2.13. The second-order valence-corrected chi connectivity index (χ2v) is 3.55. The number of nitrogens with zero attached hydrogens (tertiary/aromatic N) is 4. The summed E-state index contributed by atoms with van der Waals surface area (Å²) in [4.78, 5) is 17.9. The Kier molecular flexibility index (Phi) is 2.61. The molecule has 7 nitrogen and oxygen atoms in total. The maximum Gasteiger partial charge on any atom is 0.201 e. The molecule has 0 saturated heterocycles. The smallest absolute Gasteiger partial charge is 0.201 e. The van der Waals surface area contributed by atoms with Crippen LogP contribution in [-0.4, -0.2) is 32.3 Å². The summed E-state index contributed by atoms with van der Waals surface area (Å²) in [7, 11) is 0. The zero-order chi connectivity index (χ0) is 11.7. The van der Waals surface area contributed by atoms with Gasteiger partial charge in [0.2, 0.25) is 5.65 Å². The van der Waals surface area contributed by atoms with E-state index in [4.69, 9.17) is 16.3 Å². The number of imidazole rings is 1. The number of aryl methyl sites for hydroxylation is 1. The van der Waals surface area contributed by atoms with E-state index in [0.29, 0.717) is 29.4 Å². The highest BCUT2D eigenvalue weighted by Gasteiger charge is 2.11. The van der Waals surface area contributed by atoms with Gasteiger partial charge in [0.05, 0.1) is 0 Å². The Morgan fingerprint density at radius 1 is 1.50 bits per heavy atom. The molecule has 1 unspecified atom stereocenters. The molecule has 2 aromatic heterocycles. The molecule has 0 aliphatic rings. The Bertz CT molecular complexity index is 508. The molecule has 2 rings (SSSR count). The number of hydrogen-bond acceptors (Lipinski definition) is 6. The lowest BCUT2D eigenvalue weighted by atomic mass is 10.4. The van der Waals surface area contributed by atoms with E-state index in [9.17, 15) is 0 Å². The van der Waals surface area contributed by atoms with Crippen molar-refractivity contribution in [1.29, 1.82) is 0 Å². The summed E-state index contributed by atoms with van der Waals surface area (Å²) in [6.45, 7) is 4.04. The monoisotopic (exact) mass is 222 g/mol. The standard InChI is InChI=1S/C9H14N6O/c1-5(3-10)16-15-4-12-7-8(11)13-6(2)14-9(7)15/h4-5H,3,10H2,1-2H3,(H2,11,13,14). The van der Waals surface area contributed by atoms with E-state index in [1.807, 2.05) is 6.92 Å². The zero-order valence-corrected chi connectivity index (χ0v) is 9.21. The average Bonchev–Trinajstić information content (AvgIpc) is 2.61. The Morgan fingerprint density at radius 3 is 2.94 bits per heavy atom. The first-order chi connectivity index (χ1) is 7.61. The summed E-state index contributed by atoms with van der Waals surface area (Å²) in [5, 5.41) is 0. The lowest BCUT2D eigenvalue weighted by Crippen LogP contribution is -2.29. The van der Waals surface area contributed by atoms with Crippen LogP contribution in [0.25, 0.3) is 11.2 Å². The number of nitrogens with two attached hydrogens (primary N) is 2. The highest BCUT2D eigenvalue weighted by molar-refractivity contribution is 5.81. The second kappa shape index (κ2) is 3.93. The number of nitrogen functional groups attached to an aromatic ring is 1. The van der Waals surface area contributed by atoms with Crippen LogP contribution in [0.2, 0.25) is 0 Å². The van der Waals surface area contributed by atoms with Gasteiger partial charge in [0.1, 0.15) is 18.3 Å². The number of rotatable bonds is 3. The van der Waals surface area contributed by atoms with E-state index in [1.165, 1.54) is 11.1 Å². The maximum absolute atomic E-state index is 5.73. The predicted octanol–water partition coefficient (Wildman–Crippen LogP) is -0.507. The van der Waals surface area contributed by atoms with E-state index in [2.05, 4.69) is 15.0 Å². The summed E-state index contributed by atoms with van der Waals surface area (Å²) < 4.78 is 1.47. The van der Waals surface area contributed by atoms with Crippen molar-refractivity contribution in [3.05, 3.63) is 12.2 Å². The van der Waals surface area contributed by atoms with Gasteiger partial charge in [-0.1, -0.05) is 0 Å². The molecule has 4 N–H and O–H groups in total. The van der Waals surface area contributed by atoms with Crippen molar-refractivity contribution in [2.45, 2.75) is 20.0 Å². The summed E-state index contributed by atoms with van der Waals surface area (Å²) in [6, 6.07) is 0. The van der Waals surface area contributed by atoms with Gasteiger partial charge in [0.25, 0.3) is 0 Å². The second-order valence-electron chi connectivity index (χ2n) is 3.55. The van der Waals surface area contributed by atoms with Crippen LogP contribution in [0.3, 0.4) is 0 Å². The third-order valence-electron chi connectivity index (χ3n) is 2.13. The molecule has 0 fully saturated rings. The van der Waals surface area contributed by atoms with Crippen molar-refractivity contribution in [3.63, 3.8) is 0 Å². The van der Waals surface area contributed by atoms with Crippen LogP contribution in [0.15, 0.2) is 6.33 Å². The van der Waals surface area contributed by atoms with E-state index in [0.717, 1.165) is 0 Å². The van der Waals surface area contributed by atoms with E-state index < -0.39 is 0 Å². The Morgan fingerprint density at radius 2 is 2.25 bits per heavy atom. The van der Waals surface area contributed by atoms with Gasteiger partial charge >= 0.3 is 0 Å². The fraction of sp³-hybridized carbons (Fsp3) is 0.444. The quantitative estimate of drug-likeness (QED) is 0.724. The zero-order valence-electron chi connectivity index (χ0n) is 9.21. The molecule has 0 radical (unpaired) electrons. The molecular formula is C9H14N6O. The van der Waals surface area contributed by atoms with E-state index in [-0.39, 0.29) is 6.10 Å². The molecule has 0 saturated carbocycles. The summed E-state index contributed by atoms with van der Waals surface area (Å²) in [6.07, 6.45) is 1.40. The minimum absolute atomic E-state index is 0.117. The van der Waals surface area contributed by atoms with Crippen molar-refractivity contribution in [3.8, 4) is 0 Å². The largest absolute Gasteiger partial charge is 0.407 e. The first-order valence-electron chi connectivity index (χ1n) is 4.96. The van der Waals surface area contributed by atoms with Crippen LogP contribution in [0.1, 0.15) is 12.7 Å². The van der Waals surface area contributed by atoms with Gasteiger partial charge in [-0.2, -0.15) is 4.73 Å². The van der Waals surface area contributed by atoms with Crippen LogP contribution in [0, 0.1) is 6.92 Å². The molecule has 0 aromatic carbocycles. The fourth-order valence-corrected chi connectivity index (χ4v) is 1.33. The van der Waals surface area contributed by atoms with Crippen LogP contribution in [0.5, 0.6) is 0 Å². The minimum atomic E-state index is -0.117. The molecule has 86 valence electrons. The number of anilines is 1. The van der Waals surface area contributed by atoms with Crippen LogP contribution in [-0.2, 0) is 0 Å². The molecule has 16 heavy (non-hydrogen) atoms. The van der Waals surface area contributed by atoms with Gasteiger partial charge in [-0.3, -0.25) is 0 Å². The number of hydrogen-bond donors (Lipinski definition) is 2. The van der Waals surface area contributed by atoms with Crippen molar-refractivity contribution in [2.24, 2.45) is 5.73 Å². The molecule has 0 aliphatic heterocycles. The molecule has 7 heteroatoms. The first kappa shape index (κ1) is 10.6. The summed E-state index contributed by atoms with van der Waals surface area (Å²) in [5.74, 6) is 0.931. The average molecular weight is 222 g/mol. The van der Waals surface area contributed by atoms with Crippen molar-refractivity contribution in [2.75, 3.05) is 12.3 Å². The molecule has 0 spiro atoms. The Balaban J connectivity index is 2.47. The van der Waals surface area contributed by atoms with E-state index >= 15 is 0 Å². The lowest BCUT2D eigenvalue weighted by molar-refractivity contribution is 0.0600. The highest BCUT2D eigenvalue weighted by Crippen LogP contribution is 2.14. The van der Waals surface area contributed by atoms with Crippen LogP contribution in [0.4, 0.5) is 5.82 Å². The van der Waals surface area contributed by atoms with Gasteiger partial charge in [-0.25, -0.2) is 15.0 Å². The van der Waals surface area contributed by atoms with Crippen molar-refractivity contribution >= 4 is 17.0 Å². The molecule has 0 amide bonds. The predicted molar refractivity (Wildman–Crippen MR) is 59.6 cm³/mol. The molecule has 1 atom stereocenters. The third kappa shape index (κ3) is 1.76. The van der Waals surface area contributed by atoms with Crippen LogP contribution >= 0.6 is 0 Å². The molecule has 0 bridgehead atoms. The SMILES string of the molecule is Cc1nc(N)c2ncn(OC(C)CN)c2n1. The Labute approximate surface area is 92.4 Å². The molecule has 2 aromatic rings. The van der Waals surface area contributed by atoms with E-state index in [1.54, 1.807) is 6.92 Å². The maximum atomic E-state index is 5.73. The van der Waals surface area contributed by atoms with Gasteiger partial charge in [0.15, 0.2) is 11.3 Å². The van der Waals surface area contributed by atoms with Crippen molar-refractivity contribution in [1.82, 2.24) is 19.7 Å². The topological polar surface area (TPSA) is 105 Å². The highest BCUT2D eigenvalue weighted by atomic mass is 16.7. The minimum Gasteiger partial charge on any atom is -0.407 e. The number of aromatic nitrogens is 4. The molecular weight excluding hydrogens is 208 g/mol. The van der Waals surface area contributed by atoms with Crippen molar-refractivity contribution < 1.29 is 4.84 Å². The first-order valence-corrected chi connectivity index (χ1v) is 4.96. The van der Waals surface area contributed by atoms with Gasteiger partial charge in [0, 0.05) is 6.54 Å². The normalized spacial score (nSPS) is 12.9. The van der Waals surface area contributed by atoms with Gasteiger partial charge < -0.3 is 16.3 Å². The van der Waals surface area contributed by atoms with Gasteiger partial charge in [-0.05, 0) is 13.8 Å². The fourth-order valence-electron chi connectivity index (χ4n) is 1.33. The molecule has 2 heterocycles. The molecule has 0 aliphatic carbocycles.